The van der Waals surface area contributed by atoms with Gasteiger partial charge in [-0.2, -0.15) is 0 Å². The second-order valence-electron chi connectivity index (χ2n) is 4.38. The van der Waals surface area contributed by atoms with E-state index in [-0.39, 0.29) is 5.82 Å². The van der Waals surface area contributed by atoms with E-state index < -0.39 is 6.10 Å². The van der Waals surface area contributed by atoms with Crippen molar-refractivity contribution >= 4 is 10.9 Å². The molecular weight excluding hydrogens is 245 g/mol. The van der Waals surface area contributed by atoms with Crippen LogP contribution in [0.15, 0.2) is 36.8 Å². The highest BCUT2D eigenvalue weighted by molar-refractivity contribution is 5.84. The molecule has 5 heteroatoms. The van der Waals surface area contributed by atoms with E-state index in [1.165, 1.54) is 6.07 Å². The predicted octanol–water partition coefficient (Wildman–Crippen LogP) is 2.61. The zero-order valence-electron chi connectivity index (χ0n) is 10.5. The zero-order valence-corrected chi connectivity index (χ0v) is 10.5. The fourth-order valence-corrected chi connectivity index (χ4v) is 2.38. The monoisotopic (exact) mass is 259 g/mol. The van der Waals surface area contributed by atoms with Crippen molar-refractivity contribution in [3.63, 3.8) is 0 Å². The van der Waals surface area contributed by atoms with Gasteiger partial charge in [0.1, 0.15) is 17.7 Å². The summed E-state index contributed by atoms with van der Waals surface area (Å²) >= 11 is 0. The molecule has 1 atom stereocenters. The first-order valence-electron chi connectivity index (χ1n) is 6.17. The molecule has 0 saturated heterocycles. The molecule has 98 valence electrons. The number of rotatable bonds is 3. The van der Waals surface area contributed by atoms with E-state index in [0.29, 0.717) is 28.8 Å². The van der Waals surface area contributed by atoms with Crippen LogP contribution >= 0.6 is 0 Å². The molecule has 0 fully saturated rings. The molecule has 0 amide bonds. The van der Waals surface area contributed by atoms with Gasteiger partial charge in [-0.25, -0.2) is 9.37 Å². The smallest absolute Gasteiger partial charge is 0.139 e. The summed E-state index contributed by atoms with van der Waals surface area (Å²) in [6.07, 6.45) is 4.17. The molecule has 2 aromatic heterocycles. The van der Waals surface area contributed by atoms with Crippen LogP contribution in [0.4, 0.5) is 4.39 Å². The SMILES string of the molecule is CCn1ccc2c(F)ccc(C(O)c3ncc[nH]3)c21. The van der Waals surface area contributed by atoms with Crippen molar-refractivity contribution in [3.8, 4) is 0 Å². The Balaban J connectivity index is 2.23. The van der Waals surface area contributed by atoms with E-state index in [4.69, 9.17) is 0 Å². The number of halogens is 1. The van der Waals surface area contributed by atoms with Crippen molar-refractivity contribution in [2.75, 3.05) is 0 Å². The molecule has 4 nitrogen and oxygen atoms in total. The topological polar surface area (TPSA) is 53.8 Å². The average molecular weight is 259 g/mol. The van der Waals surface area contributed by atoms with Crippen LogP contribution < -0.4 is 0 Å². The van der Waals surface area contributed by atoms with Gasteiger partial charge < -0.3 is 14.7 Å². The Morgan fingerprint density at radius 2 is 2.26 bits per heavy atom. The Kier molecular flexibility index (Phi) is 2.83. The maximum Gasteiger partial charge on any atom is 0.139 e. The largest absolute Gasteiger partial charge is 0.380 e. The highest BCUT2D eigenvalue weighted by atomic mass is 19.1. The van der Waals surface area contributed by atoms with Gasteiger partial charge in [-0.15, -0.1) is 0 Å². The van der Waals surface area contributed by atoms with Crippen molar-refractivity contribution < 1.29 is 9.50 Å². The fourth-order valence-electron chi connectivity index (χ4n) is 2.38. The van der Waals surface area contributed by atoms with E-state index in [9.17, 15) is 9.50 Å². The lowest BCUT2D eigenvalue weighted by Crippen LogP contribution is -2.05. The fraction of sp³-hybridized carbons (Fsp3) is 0.214. The van der Waals surface area contributed by atoms with Crippen molar-refractivity contribution in [2.24, 2.45) is 0 Å². The number of fused-ring (bicyclic) bond motifs is 1. The van der Waals surface area contributed by atoms with Crippen LogP contribution in [0.2, 0.25) is 0 Å². The molecule has 2 N–H and O–H groups in total. The summed E-state index contributed by atoms with van der Waals surface area (Å²) in [5, 5.41) is 10.9. The van der Waals surface area contributed by atoms with Crippen LogP contribution in [0.5, 0.6) is 0 Å². The number of aliphatic hydroxyl groups is 1. The third kappa shape index (κ3) is 1.82. The van der Waals surface area contributed by atoms with Gasteiger partial charge >= 0.3 is 0 Å². The number of hydrogen-bond acceptors (Lipinski definition) is 2. The number of nitrogens with one attached hydrogen (secondary N) is 1. The Bertz CT molecular complexity index is 703. The predicted molar refractivity (Wildman–Crippen MR) is 70.2 cm³/mol. The van der Waals surface area contributed by atoms with Crippen LogP contribution in [0, 0.1) is 5.82 Å². The summed E-state index contributed by atoms with van der Waals surface area (Å²) in [7, 11) is 0. The maximum atomic E-state index is 13.8. The number of aliphatic hydroxyl groups excluding tert-OH is 1. The molecule has 0 radical (unpaired) electrons. The number of imidazole rings is 1. The molecule has 3 aromatic rings. The van der Waals surface area contributed by atoms with Crippen LogP contribution in [-0.4, -0.2) is 19.6 Å². The highest BCUT2D eigenvalue weighted by Crippen LogP contribution is 2.29. The third-order valence-corrected chi connectivity index (χ3v) is 3.32. The summed E-state index contributed by atoms with van der Waals surface area (Å²) in [6.45, 7) is 2.69. The lowest BCUT2D eigenvalue weighted by Gasteiger charge is -2.13. The lowest BCUT2D eigenvalue weighted by molar-refractivity contribution is 0.212. The minimum Gasteiger partial charge on any atom is -0.380 e. The summed E-state index contributed by atoms with van der Waals surface area (Å²) in [6, 6.07) is 4.72. The lowest BCUT2D eigenvalue weighted by atomic mass is 10.1. The van der Waals surface area contributed by atoms with Gasteiger partial charge in [0.2, 0.25) is 0 Å². The Hall–Kier alpha value is -2.14. The molecule has 2 heterocycles. The molecular formula is C14H14FN3O. The standard InChI is InChI=1S/C14H14FN3O/c1-2-18-8-5-9-11(15)4-3-10(12(9)18)13(19)14-16-6-7-17-14/h3-8,13,19H,2H2,1H3,(H,16,17). The normalized spacial score (nSPS) is 13.0. The molecule has 0 aliphatic rings. The maximum absolute atomic E-state index is 13.8. The highest BCUT2D eigenvalue weighted by Gasteiger charge is 2.19. The van der Waals surface area contributed by atoms with E-state index in [1.54, 1.807) is 24.5 Å². The summed E-state index contributed by atoms with van der Waals surface area (Å²) < 4.78 is 15.7. The molecule has 0 bridgehead atoms. The van der Waals surface area contributed by atoms with Crippen LogP contribution in [0.25, 0.3) is 10.9 Å². The van der Waals surface area contributed by atoms with Gasteiger partial charge in [0.05, 0.1) is 5.52 Å². The second-order valence-corrected chi connectivity index (χ2v) is 4.38. The third-order valence-electron chi connectivity index (χ3n) is 3.32. The van der Waals surface area contributed by atoms with E-state index in [2.05, 4.69) is 9.97 Å². The van der Waals surface area contributed by atoms with Gasteiger partial charge in [-0.3, -0.25) is 0 Å². The Labute approximate surface area is 109 Å². The van der Waals surface area contributed by atoms with Crippen molar-refractivity contribution in [3.05, 3.63) is 54.0 Å². The number of benzene rings is 1. The first-order chi connectivity index (χ1) is 9.22. The number of nitrogens with zero attached hydrogens (tertiary/aromatic N) is 2. The van der Waals surface area contributed by atoms with E-state index in [0.717, 1.165) is 0 Å². The van der Waals surface area contributed by atoms with Crippen LogP contribution in [-0.2, 0) is 6.54 Å². The number of hydrogen-bond donors (Lipinski definition) is 2. The second kappa shape index (κ2) is 4.51. The Morgan fingerprint density at radius 3 is 2.95 bits per heavy atom. The summed E-state index contributed by atoms with van der Waals surface area (Å²) in [4.78, 5) is 6.93. The molecule has 1 unspecified atom stereocenters. The molecule has 1 aromatic carbocycles. The molecule has 0 spiro atoms. The van der Waals surface area contributed by atoms with Crippen LogP contribution in [0.1, 0.15) is 24.4 Å². The van der Waals surface area contributed by atoms with Gasteiger partial charge in [-0.05, 0) is 19.1 Å². The van der Waals surface area contributed by atoms with Crippen molar-refractivity contribution in [1.29, 1.82) is 0 Å². The number of aryl methyl sites for hydroxylation is 1. The summed E-state index contributed by atoms with van der Waals surface area (Å²) in [5.41, 5.74) is 1.37. The van der Waals surface area contributed by atoms with Gasteiger partial charge in [-0.1, -0.05) is 6.07 Å². The molecule has 19 heavy (non-hydrogen) atoms. The van der Waals surface area contributed by atoms with Crippen molar-refractivity contribution in [2.45, 2.75) is 19.6 Å². The molecule has 3 rings (SSSR count). The Morgan fingerprint density at radius 1 is 1.42 bits per heavy atom. The first-order valence-corrected chi connectivity index (χ1v) is 6.17. The van der Waals surface area contributed by atoms with Crippen LogP contribution in [0.3, 0.4) is 0 Å². The molecule has 0 aliphatic carbocycles. The number of aromatic nitrogens is 3. The number of H-pyrrole nitrogens is 1. The number of aromatic amines is 1. The van der Waals surface area contributed by atoms with Gasteiger partial charge in [0.15, 0.2) is 0 Å². The first kappa shape index (κ1) is 11.9. The minimum absolute atomic E-state index is 0.280. The molecule has 0 aliphatic heterocycles. The average Bonchev–Trinajstić information content (AvgIpc) is 3.08. The molecule has 0 saturated carbocycles. The van der Waals surface area contributed by atoms with E-state index >= 15 is 0 Å². The van der Waals surface area contributed by atoms with Gasteiger partial charge in [0.25, 0.3) is 0 Å². The minimum atomic E-state index is -0.890. The van der Waals surface area contributed by atoms with Gasteiger partial charge in [0, 0.05) is 36.1 Å². The quantitative estimate of drug-likeness (QED) is 0.759. The van der Waals surface area contributed by atoms with E-state index in [1.807, 2.05) is 17.7 Å². The van der Waals surface area contributed by atoms with Crippen molar-refractivity contribution in [1.82, 2.24) is 14.5 Å². The summed E-state index contributed by atoms with van der Waals surface area (Å²) in [5.74, 6) is 0.175. The zero-order chi connectivity index (χ0) is 13.4.